The predicted octanol–water partition coefficient (Wildman–Crippen LogP) is 6.47. The average Bonchev–Trinajstić information content (AvgIpc) is 2.70. The van der Waals surface area contributed by atoms with Crippen molar-refractivity contribution in [3.8, 4) is 0 Å². The van der Waals surface area contributed by atoms with E-state index in [9.17, 15) is 4.79 Å². The van der Waals surface area contributed by atoms with Crippen LogP contribution in [0.15, 0.2) is 91.0 Å². The van der Waals surface area contributed by atoms with E-state index in [0.717, 1.165) is 27.5 Å². The summed E-state index contributed by atoms with van der Waals surface area (Å²) in [7, 11) is 0. The second-order valence-corrected chi connectivity index (χ2v) is 7.18. The lowest BCUT2D eigenvalue weighted by Gasteiger charge is -2.18. The molecule has 0 unspecified atom stereocenters. The molecule has 1 heteroatoms. The van der Waals surface area contributed by atoms with Crippen LogP contribution in [-0.2, 0) is 0 Å². The van der Waals surface area contributed by atoms with Crippen LogP contribution >= 0.6 is 0 Å². The summed E-state index contributed by atoms with van der Waals surface area (Å²) in [5.41, 5.74) is 5.20. The minimum absolute atomic E-state index is 0.133. The molecular weight excluding hydrogens is 328 g/mol. The Morgan fingerprint density at radius 1 is 0.630 bits per heavy atom. The lowest BCUT2D eigenvalue weighted by Crippen LogP contribution is -2.14. The molecule has 0 bridgehead atoms. The van der Waals surface area contributed by atoms with Crippen molar-refractivity contribution in [3.05, 3.63) is 119 Å². The fourth-order valence-corrected chi connectivity index (χ4v) is 3.52. The number of benzene rings is 4. The summed E-state index contributed by atoms with van der Waals surface area (Å²) in [6, 6.07) is 30.7. The SMILES string of the molecule is Cc1ccc(C(C(=O)c2ccc3ccccc3c2)c2ccc(C)cc2)cc1. The Morgan fingerprint density at radius 2 is 1.15 bits per heavy atom. The number of rotatable bonds is 4. The van der Waals surface area contributed by atoms with Crippen molar-refractivity contribution >= 4 is 16.6 Å². The van der Waals surface area contributed by atoms with Crippen LogP contribution in [0.4, 0.5) is 0 Å². The quantitative estimate of drug-likeness (QED) is 0.385. The zero-order valence-electron chi connectivity index (χ0n) is 15.6. The first-order chi connectivity index (χ1) is 13.1. The summed E-state index contributed by atoms with van der Waals surface area (Å²) in [6.07, 6.45) is 0. The molecule has 4 aromatic carbocycles. The fourth-order valence-electron chi connectivity index (χ4n) is 3.52. The van der Waals surface area contributed by atoms with Gasteiger partial charge in [0.2, 0.25) is 0 Å². The number of hydrogen-bond acceptors (Lipinski definition) is 1. The van der Waals surface area contributed by atoms with Crippen molar-refractivity contribution in [2.24, 2.45) is 0 Å². The minimum Gasteiger partial charge on any atom is -0.293 e. The van der Waals surface area contributed by atoms with E-state index in [2.05, 4.69) is 74.5 Å². The van der Waals surface area contributed by atoms with Gasteiger partial charge in [0.1, 0.15) is 0 Å². The number of aryl methyl sites for hydroxylation is 2. The Hall–Kier alpha value is -3.19. The monoisotopic (exact) mass is 350 g/mol. The van der Waals surface area contributed by atoms with Crippen LogP contribution in [0.3, 0.4) is 0 Å². The van der Waals surface area contributed by atoms with Crippen LogP contribution in [-0.4, -0.2) is 5.78 Å². The first-order valence-electron chi connectivity index (χ1n) is 9.28. The first kappa shape index (κ1) is 17.2. The van der Waals surface area contributed by atoms with Gasteiger partial charge in [-0.3, -0.25) is 4.79 Å². The van der Waals surface area contributed by atoms with Crippen molar-refractivity contribution < 1.29 is 4.79 Å². The number of carbonyl (C=O) groups is 1. The lowest BCUT2D eigenvalue weighted by atomic mass is 9.84. The molecule has 0 fully saturated rings. The molecule has 0 aliphatic heterocycles. The summed E-state index contributed by atoms with van der Waals surface area (Å²) in [5.74, 6) is -0.166. The third-order valence-corrected chi connectivity index (χ3v) is 5.12. The van der Waals surface area contributed by atoms with Gasteiger partial charge in [-0.05, 0) is 41.8 Å². The molecule has 27 heavy (non-hydrogen) atoms. The van der Waals surface area contributed by atoms with Gasteiger partial charge in [-0.1, -0.05) is 96.1 Å². The first-order valence-corrected chi connectivity index (χ1v) is 9.28. The van der Waals surface area contributed by atoms with E-state index in [0.29, 0.717) is 0 Å². The summed E-state index contributed by atoms with van der Waals surface area (Å²) < 4.78 is 0. The molecule has 1 nitrogen and oxygen atoms in total. The predicted molar refractivity (Wildman–Crippen MR) is 112 cm³/mol. The van der Waals surface area contributed by atoms with Gasteiger partial charge in [0, 0.05) is 5.56 Å². The van der Waals surface area contributed by atoms with Crippen LogP contribution < -0.4 is 0 Å². The van der Waals surface area contributed by atoms with E-state index in [1.165, 1.54) is 11.1 Å². The molecule has 0 saturated heterocycles. The van der Waals surface area contributed by atoms with E-state index in [1.807, 2.05) is 30.3 Å². The highest BCUT2D eigenvalue weighted by Gasteiger charge is 2.24. The molecule has 0 aromatic heterocycles. The Balaban J connectivity index is 1.82. The second-order valence-electron chi connectivity index (χ2n) is 7.18. The molecule has 132 valence electrons. The van der Waals surface area contributed by atoms with Crippen LogP contribution in [0.25, 0.3) is 10.8 Å². The Bertz CT molecular complexity index is 1040. The summed E-state index contributed by atoms with van der Waals surface area (Å²) in [6.45, 7) is 4.13. The third kappa shape index (κ3) is 3.54. The van der Waals surface area contributed by atoms with Crippen LogP contribution in [0.5, 0.6) is 0 Å². The van der Waals surface area contributed by atoms with Crippen LogP contribution in [0.1, 0.15) is 38.5 Å². The van der Waals surface area contributed by atoms with Gasteiger partial charge in [-0.15, -0.1) is 0 Å². The number of fused-ring (bicyclic) bond motifs is 1. The fraction of sp³-hybridized carbons (Fsp3) is 0.115. The maximum absolute atomic E-state index is 13.6. The smallest absolute Gasteiger partial charge is 0.174 e. The molecule has 4 rings (SSSR count). The maximum atomic E-state index is 13.6. The molecule has 0 saturated carbocycles. The molecule has 0 spiro atoms. The van der Waals surface area contributed by atoms with Crippen molar-refractivity contribution in [2.75, 3.05) is 0 Å². The number of hydrogen-bond donors (Lipinski definition) is 0. The van der Waals surface area contributed by atoms with E-state index in [-0.39, 0.29) is 11.7 Å². The van der Waals surface area contributed by atoms with Gasteiger partial charge < -0.3 is 0 Å². The normalized spacial score (nSPS) is 11.1. The van der Waals surface area contributed by atoms with E-state index >= 15 is 0 Å². The topological polar surface area (TPSA) is 17.1 Å². The molecule has 0 atom stereocenters. The van der Waals surface area contributed by atoms with Crippen molar-refractivity contribution in [1.29, 1.82) is 0 Å². The van der Waals surface area contributed by atoms with Gasteiger partial charge >= 0.3 is 0 Å². The van der Waals surface area contributed by atoms with Gasteiger partial charge in [0.15, 0.2) is 5.78 Å². The van der Waals surface area contributed by atoms with Gasteiger partial charge in [0.25, 0.3) is 0 Å². The van der Waals surface area contributed by atoms with E-state index < -0.39 is 0 Å². The standard InChI is InChI=1S/C26H22O/c1-18-7-11-21(12-8-18)25(22-13-9-19(2)10-14-22)26(27)24-16-15-20-5-3-4-6-23(20)17-24/h3-17,25H,1-2H3. The molecule has 0 heterocycles. The largest absolute Gasteiger partial charge is 0.293 e. The Morgan fingerprint density at radius 3 is 1.70 bits per heavy atom. The van der Waals surface area contributed by atoms with Gasteiger partial charge in [-0.2, -0.15) is 0 Å². The molecule has 4 aromatic rings. The second kappa shape index (κ2) is 7.20. The minimum atomic E-state index is -0.299. The zero-order valence-corrected chi connectivity index (χ0v) is 15.6. The molecule has 0 radical (unpaired) electrons. The van der Waals surface area contributed by atoms with Crippen LogP contribution in [0.2, 0.25) is 0 Å². The van der Waals surface area contributed by atoms with Crippen molar-refractivity contribution in [1.82, 2.24) is 0 Å². The molecule has 0 aliphatic carbocycles. The molecule has 0 aliphatic rings. The van der Waals surface area contributed by atoms with E-state index in [4.69, 9.17) is 0 Å². The molecular formula is C26H22O. The highest BCUT2D eigenvalue weighted by molar-refractivity contribution is 6.05. The van der Waals surface area contributed by atoms with Crippen molar-refractivity contribution in [2.45, 2.75) is 19.8 Å². The molecule has 0 amide bonds. The third-order valence-electron chi connectivity index (χ3n) is 5.12. The Labute approximate surface area is 160 Å². The van der Waals surface area contributed by atoms with E-state index in [1.54, 1.807) is 0 Å². The van der Waals surface area contributed by atoms with Gasteiger partial charge in [0.05, 0.1) is 5.92 Å². The van der Waals surface area contributed by atoms with Crippen LogP contribution in [0, 0.1) is 13.8 Å². The number of Topliss-reactive ketones (excluding diaryl/α,β-unsaturated/α-hetero) is 1. The lowest BCUT2D eigenvalue weighted by molar-refractivity contribution is 0.0974. The molecule has 0 N–H and O–H groups in total. The number of ketones is 1. The summed E-state index contributed by atoms with van der Waals surface area (Å²) in [5, 5.41) is 2.24. The zero-order chi connectivity index (χ0) is 18.8. The maximum Gasteiger partial charge on any atom is 0.174 e. The highest BCUT2D eigenvalue weighted by atomic mass is 16.1. The number of carbonyl (C=O) groups excluding carboxylic acids is 1. The summed E-state index contributed by atoms with van der Waals surface area (Å²) >= 11 is 0. The highest BCUT2D eigenvalue weighted by Crippen LogP contribution is 2.30. The summed E-state index contributed by atoms with van der Waals surface area (Å²) in [4.78, 5) is 13.6. The Kier molecular flexibility index (Phi) is 4.60. The van der Waals surface area contributed by atoms with Crippen molar-refractivity contribution in [3.63, 3.8) is 0 Å². The average molecular weight is 350 g/mol. The van der Waals surface area contributed by atoms with Gasteiger partial charge in [-0.25, -0.2) is 0 Å².